The Bertz CT molecular complexity index is 291. The highest BCUT2D eigenvalue weighted by Crippen LogP contribution is 2.35. The lowest BCUT2D eigenvalue weighted by molar-refractivity contribution is 0.545. The van der Waals surface area contributed by atoms with Gasteiger partial charge in [-0.1, -0.05) is 24.3 Å². The summed E-state index contributed by atoms with van der Waals surface area (Å²) in [7, 11) is 0. The molecule has 2 rings (SSSR count). The van der Waals surface area contributed by atoms with Crippen molar-refractivity contribution in [1.82, 2.24) is 0 Å². The van der Waals surface area contributed by atoms with Gasteiger partial charge in [0.2, 0.25) is 0 Å². The zero-order chi connectivity index (χ0) is 9.26. The van der Waals surface area contributed by atoms with E-state index >= 15 is 0 Å². The predicted molar refractivity (Wildman–Crippen MR) is 57.4 cm³/mol. The molecule has 0 N–H and O–H groups in total. The minimum absolute atomic E-state index is 0.265. The Balaban J connectivity index is 2.37. The largest absolute Gasteiger partial charge is 0.123 e. The third-order valence-electron chi connectivity index (χ3n) is 2.97. The van der Waals surface area contributed by atoms with Crippen molar-refractivity contribution in [3.05, 3.63) is 35.4 Å². The molecular weight excluding hydrogens is 180 g/mol. The summed E-state index contributed by atoms with van der Waals surface area (Å²) in [5.41, 5.74) is 2.99. The maximum atomic E-state index is 6.18. The van der Waals surface area contributed by atoms with Gasteiger partial charge in [0.05, 0.1) is 0 Å². The van der Waals surface area contributed by atoms with Gasteiger partial charge in [-0.05, 0) is 37.3 Å². The Kier molecular flexibility index (Phi) is 2.59. The fraction of sp³-hybridized carbons (Fsp3) is 0.500. The van der Waals surface area contributed by atoms with E-state index in [-0.39, 0.29) is 5.38 Å². The summed E-state index contributed by atoms with van der Waals surface area (Å²) in [5.74, 6) is 0.576. The molecule has 0 heterocycles. The average Bonchev–Trinajstić information content (AvgIpc) is 2.17. The smallest absolute Gasteiger partial charge is 0.0376 e. The fourth-order valence-electron chi connectivity index (χ4n) is 2.27. The highest BCUT2D eigenvalue weighted by atomic mass is 35.5. The monoisotopic (exact) mass is 194 g/mol. The number of aryl methyl sites for hydroxylation is 1. The molecule has 0 aliphatic heterocycles. The molecule has 0 nitrogen and oxygen atoms in total. The van der Waals surface area contributed by atoms with Crippen LogP contribution in [0.25, 0.3) is 0 Å². The Morgan fingerprint density at radius 3 is 2.92 bits per heavy atom. The van der Waals surface area contributed by atoms with Crippen molar-refractivity contribution in [3.8, 4) is 0 Å². The summed E-state index contributed by atoms with van der Waals surface area (Å²) >= 11 is 6.18. The summed E-state index contributed by atoms with van der Waals surface area (Å²) < 4.78 is 0. The molecule has 1 heteroatoms. The molecule has 2 unspecified atom stereocenters. The van der Waals surface area contributed by atoms with Crippen LogP contribution in [0.2, 0.25) is 0 Å². The van der Waals surface area contributed by atoms with Gasteiger partial charge in [-0.3, -0.25) is 0 Å². The van der Waals surface area contributed by atoms with Gasteiger partial charge >= 0.3 is 0 Å². The van der Waals surface area contributed by atoms with Crippen molar-refractivity contribution in [1.29, 1.82) is 0 Å². The lowest BCUT2D eigenvalue weighted by Crippen LogP contribution is -2.16. The van der Waals surface area contributed by atoms with E-state index in [1.54, 1.807) is 0 Å². The molecule has 13 heavy (non-hydrogen) atoms. The number of alkyl halides is 1. The Morgan fingerprint density at radius 2 is 2.15 bits per heavy atom. The van der Waals surface area contributed by atoms with E-state index in [2.05, 4.69) is 31.2 Å². The van der Waals surface area contributed by atoms with Crippen LogP contribution in [0.4, 0.5) is 0 Å². The molecule has 70 valence electrons. The topological polar surface area (TPSA) is 0 Å². The molecule has 1 aliphatic carbocycles. The standard InChI is InChI=1S/C12H15Cl/c1-9(13)11-8-4-6-10-5-2-3-7-12(10)11/h2-3,5,7,9,11H,4,6,8H2,1H3. The molecular formula is C12H15Cl. The second-order valence-electron chi connectivity index (χ2n) is 3.88. The van der Waals surface area contributed by atoms with E-state index in [9.17, 15) is 0 Å². The molecule has 1 aromatic carbocycles. The van der Waals surface area contributed by atoms with Gasteiger partial charge in [-0.25, -0.2) is 0 Å². The highest BCUT2D eigenvalue weighted by Gasteiger charge is 2.23. The summed E-state index contributed by atoms with van der Waals surface area (Å²) in [6.07, 6.45) is 3.77. The second kappa shape index (κ2) is 3.71. The molecule has 0 bridgehead atoms. The molecule has 0 amide bonds. The maximum Gasteiger partial charge on any atom is 0.0376 e. The van der Waals surface area contributed by atoms with E-state index in [0.717, 1.165) is 0 Å². The number of fused-ring (bicyclic) bond motifs is 1. The first kappa shape index (κ1) is 9.08. The SMILES string of the molecule is CC(Cl)C1CCCc2ccccc21. The minimum Gasteiger partial charge on any atom is -0.123 e. The van der Waals surface area contributed by atoms with Gasteiger partial charge in [-0.2, -0.15) is 0 Å². The zero-order valence-corrected chi connectivity index (χ0v) is 8.72. The molecule has 2 atom stereocenters. The van der Waals surface area contributed by atoms with Crippen molar-refractivity contribution in [2.75, 3.05) is 0 Å². The predicted octanol–water partition coefficient (Wildman–Crippen LogP) is 3.73. The number of hydrogen-bond donors (Lipinski definition) is 0. The lowest BCUT2D eigenvalue weighted by Gasteiger charge is -2.27. The third kappa shape index (κ3) is 1.73. The van der Waals surface area contributed by atoms with Gasteiger partial charge in [0.1, 0.15) is 0 Å². The first-order valence-electron chi connectivity index (χ1n) is 5.01. The summed E-state index contributed by atoms with van der Waals surface area (Å²) in [5, 5.41) is 0.265. The average molecular weight is 195 g/mol. The number of halogens is 1. The molecule has 0 saturated heterocycles. The zero-order valence-electron chi connectivity index (χ0n) is 7.96. The van der Waals surface area contributed by atoms with Crippen LogP contribution >= 0.6 is 11.6 Å². The fourth-order valence-corrected chi connectivity index (χ4v) is 2.53. The second-order valence-corrected chi connectivity index (χ2v) is 4.56. The normalized spacial score (nSPS) is 23.7. The molecule has 0 radical (unpaired) electrons. The van der Waals surface area contributed by atoms with Gasteiger partial charge in [-0.15, -0.1) is 11.6 Å². The van der Waals surface area contributed by atoms with Crippen LogP contribution in [-0.4, -0.2) is 5.38 Å². The molecule has 1 aliphatic rings. The summed E-state index contributed by atoms with van der Waals surface area (Å²) in [6.45, 7) is 2.11. The van der Waals surface area contributed by atoms with Crippen LogP contribution < -0.4 is 0 Å². The van der Waals surface area contributed by atoms with Crippen molar-refractivity contribution in [3.63, 3.8) is 0 Å². The first-order valence-corrected chi connectivity index (χ1v) is 5.44. The van der Waals surface area contributed by atoms with Gasteiger partial charge < -0.3 is 0 Å². The first-order chi connectivity index (χ1) is 6.29. The number of rotatable bonds is 1. The Hall–Kier alpha value is -0.490. The van der Waals surface area contributed by atoms with Crippen LogP contribution in [0.5, 0.6) is 0 Å². The number of hydrogen-bond acceptors (Lipinski definition) is 0. The minimum atomic E-state index is 0.265. The van der Waals surface area contributed by atoms with E-state index in [1.165, 1.54) is 30.4 Å². The van der Waals surface area contributed by atoms with Gasteiger partial charge in [0.25, 0.3) is 0 Å². The van der Waals surface area contributed by atoms with E-state index in [4.69, 9.17) is 11.6 Å². The van der Waals surface area contributed by atoms with Crippen molar-refractivity contribution in [2.45, 2.75) is 37.5 Å². The third-order valence-corrected chi connectivity index (χ3v) is 3.27. The van der Waals surface area contributed by atoms with E-state index in [0.29, 0.717) is 5.92 Å². The Labute approximate surface area is 84.9 Å². The molecule has 0 aromatic heterocycles. The van der Waals surface area contributed by atoms with E-state index < -0.39 is 0 Å². The maximum absolute atomic E-state index is 6.18. The quantitative estimate of drug-likeness (QED) is 0.598. The van der Waals surface area contributed by atoms with Crippen LogP contribution in [0, 0.1) is 0 Å². The number of benzene rings is 1. The van der Waals surface area contributed by atoms with Crippen LogP contribution in [-0.2, 0) is 6.42 Å². The summed E-state index contributed by atoms with van der Waals surface area (Å²) in [4.78, 5) is 0. The summed E-state index contributed by atoms with van der Waals surface area (Å²) in [6, 6.07) is 8.72. The molecule has 0 spiro atoms. The van der Waals surface area contributed by atoms with Crippen LogP contribution in [0.3, 0.4) is 0 Å². The lowest BCUT2D eigenvalue weighted by atomic mass is 9.81. The molecule has 0 saturated carbocycles. The Morgan fingerprint density at radius 1 is 1.38 bits per heavy atom. The highest BCUT2D eigenvalue weighted by molar-refractivity contribution is 6.20. The molecule has 1 aromatic rings. The molecule has 0 fully saturated rings. The van der Waals surface area contributed by atoms with Gasteiger partial charge in [0, 0.05) is 11.3 Å². The van der Waals surface area contributed by atoms with Crippen LogP contribution in [0.1, 0.15) is 36.8 Å². The van der Waals surface area contributed by atoms with Crippen molar-refractivity contribution < 1.29 is 0 Å². The van der Waals surface area contributed by atoms with Gasteiger partial charge in [0.15, 0.2) is 0 Å². The van der Waals surface area contributed by atoms with Crippen LogP contribution in [0.15, 0.2) is 24.3 Å². The van der Waals surface area contributed by atoms with Crippen molar-refractivity contribution in [2.24, 2.45) is 0 Å². The van der Waals surface area contributed by atoms with E-state index in [1.807, 2.05) is 0 Å². The van der Waals surface area contributed by atoms with Crippen molar-refractivity contribution >= 4 is 11.6 Å².